The van der Waals surface area contributed by atoms with E-state index in [2.05, 4.69) is 504 Å². The Hall–Kier alpha value is -7.35. The third kappa shape index (κ3) is 37.6. The van der Waals surface area contributed by atoms with Crippen molar-refractivity contribution in [2.75, 3.05) is 76.2 Å². The number of nitrogens with two attached hydrogens (primary N) is 1. The van der Waals surface area contributed by atoms with E-state index in [1.807, 2.05) is 0 Å². The van der Waals surface area contributed by atoms with E-state index in [1.165, 1.54) is 117 Å². The number of nitrogens with one attached hydrogen (secondary N) is 2. The number of hydrogen-bond acceptors (Lipinski definition) is 4. The summed E-state index contributed by atoms with van der Waals surface area (Å²) in [6.07, 6.45) is 7.18. The molecule has 15 rings (SSSR count). The summed E-state index contributed by atoms with van der Waals surface area (Å²) in [5.74, 6) is 0. The quantitative estimate of drug-likeness (QED) is 0.0126. The molecular formula is C106H116Cl3N3O2P7Ru2+. The van der Waals surface area contributed by atoms with Gasteiger partial charge in [-0.15, -0.1) is 0 Å². The summed E-state index contributed by atoms with van der Waals surface area (Å²) in [5.41, 5.74) is 0. The SMILES string of the molecule is [CH-]=O.[CH-]=O.[CH3-].[CH3-].[Cl-].[Cl][RuH+2].[Cl][RuH].c1ccc(P(CCNCCP(c2ccccc2)c2ccccc2)c2ccccc2)cc1.c1ccc(P(CC[NH2+]CCP(c2ccccc2)c2ccccc2)c2ccccc2)cc1.c1ccc([PH+](CCNCC[PH+](c2ccccc2)c2ccccc2)c2ccccc2)cc1.c1ccc([PH+](c2ccccc2)c2ccccc2)cc1. The van der Waals surface area contributed by atoms with Crippen LogP contribution < -0.4 is 108 Å². The van der Waals surface area contributed by atoms with Crippen molar-refractivity contribution in [3.05, 3.63) is 470 Å². The van der Waals surface area contributed by atoms with Crippen LogP contribution in [0.4, 0.5) is 0 Å². The zero-order valence-corrected chi connectivity index (χ0v) is 82.6. The van der Waals surface area contributed by atoms with E-state index in [-0.39, 0.29) is 58.9 Å². The van der Waals surface area contributed by atoms with Crippen LogP contribution in [-0.2, 0) is 44.2 Å². The molecule has 0 aliphatic heterocycles. The van der Waals surface area contributed by atoms with Crippen LogP contribution in [-0.4, -0.2) is 89.8 Å². The van der Waals surface area contributed by atoms with E-state index in [1.54, 1.807) is 34.6 Å². The molecule has 0 aliphatic rings. The normalized spacial score (nSPS) is 10.2. The van der Waals surface area contributed by atoms with E-state index < -0.39 is 23.8 Å². The van der Waals surface area contributed by atoms with Gasteiger partial charge >= 0.3 is 54.0 Å². The third-order valence-corrected chi connectivity index (χ3v) is 37.9. The molecule has 123 heavy (non-hydrogen) atoms. The first-order valence-corrected chi connectivity index (χ1v) is 56.0. The number of halogens is 3. The van der Waals surface area contributed by atoms with E-state index in [0.717, 1.165) is 38.5 Å². The first kappa shape index (κ1) is 106. The largest absolute Gasteiger partial charge is 0.346 e. The molecule has 0 amide bonds. The smallest absolute Gasteiger partial charge is 0.102 e. The fourth-order valence-electron chi connectivity index (χ4n) is 13.9. The third-order valence-electron chi connectivity index (χ3n) is 19.5. The fourth-order valence-corrected chi connectivity index (χ4v) is 30.7. The minimum Gasteiger partial charge on any atom is -0.346 e. The Labute approximate surface area is 779 Å². The second-order valence-electron chi connectivity index (χ2n) is 27.1. The Kier molecular flexibility index (Phi) is 57.9. The molecule has 0 aromatic heterocycles. The summed E-state index contributed by atoms with van der Waals surface area (Å²) in [4.78, 5) is 15.5. The van der Waals surface area contributed by atoms with E-state index >= 15 is 0 Å². The minimum atomic E-state index is -0.877. The second-order valence-corrected chi connectivity index (χ2v) is 44.1. The molecule has 0 radical (unpaired) electrons. The standard InChI is InChI=1S/3C28H29NP2.C18H15P.2CHO.2CH3.3ClH.2Ru.2H/c3*1-5-13-25(14-6-1)30(26-15-7-2-8-16-26)23-21-29-22-24-31(27-17-9-3-10-18-27)28-19-11-4-12-20-28;1-4-10-16(11-5-1)19(17-12-6-2-7-13-17)18-14-8-3-9-15-18;2*1-2;;;;;;;;;/h3*1-20,29H,21-24H2;1-15H;2*1H;2*1H3;3*1H;;;;/q;;;;4*-1;;;;+1;+3;;/p+1. The topological polar surface area (TPSA) is 74.8 Å². The van der Waals surface area contributed by atoms with Gasteiger partial charge < -0.3 is 52.8 Å². The first-order valence-electron chi connectivity index (χ1n) is 40.2. The van der Waals surface area contributed by atoms with E-state index in [9.17, 15) is 0 Å². The van der Waals surface area contributed by atoms with Crippen molar-refractivity contribution >= 4 is 168 Å². The van der Waals surface area contributed by atoms with Gasteiger partial charge in [0.1, 0.15) is 15.9 Å². The molecule has 17 heteroatoms. The maximum atomic E-state index is 7.75. The average Bonchev–Trinajstić information content (AvgIpc) is 0.829. The molecule has 0 spiro atoms. The molecular weight excluding hydrogens is 1870 g/mol. The van der Waals surface area contributed by atoms with Gasteiger partial charge in [-0.1, -0.05) is 370 Å². The van der Waals surface area contributed by atoms with Gasteiger partial charge in [0, 0.05) is 25.4 Å². The summed E-state index contributed by atoms with van der Waals surface area (Å²) < 4.78 is 0. The number of rotatable bonds is 33. The van der Waals surface area contributed by atoms with Crippen LogP contribution in [0, 0.1) is 14.9 Å². The molecule has 4 N–H and O–H groups in total. The van der Waals surface area contributed by atoms with Gasteiger partial charge in [0.25, 0.3) is 0 Å². The van der Waals surface area contributed by atoms with Crippen LogP contribution in [0.5, 0.6) is 0 Å². The van der Waals surface area contributed by atoms with Gasteiger partial charge in [0.15, 0.2) is 0 Å². The monoisotopic (exact) mass is 1990 g/mol. The fraction of sp³-hybridized carbons (Fsp3) is 0.113. The molecule has 5 nitrogen and oxygen atoms in total. The molecule has 0 saturated heterocycles. The van der Waals surface area contributed by atoms with Crippen molar-refractivity contribution < 1.29 is 61.9 Å². The van der Waals surface area contributed by atoms with Crippen molar-refractivity contribution in [2.45, 2.75) is 0 Å². The summed E-state index contributed by atoms with van der Waals surface area (Å²) in [7, 11) is 5.58. The molecule has 0 heterocycles. The Morgan fingerprint density at radius 3 is 0.569 bits per heavy atom. The zero-order valence-electron chi connectivity index (χ0n) is 70.0. The zero-order chi connectivity index (χ0) is 84.3. The first-order chi connectivity index (χ1) is 59.7. The van der Waals surface area contributed by atoms with E-state index in [4.69, 9.17) is 9.59 Å². The van der Waals surface area contributed by atoms with Crippen LogP contribution in [0.3, 0.4) is 0 Å². The summed E-state index contributed by atoms with van der Waals surface area (Å²) in [5, 5.41) is 32.1. The summed E-state index contributed by atoms with van der Waals surface area (Å²) >= 11 is 3.24. The molecule has 638 valence electrons. The van der Waals surface area contributed by atoms with Crippen LogP contribution in [0.25, 0.3) is 0 Å². The molecule has 0 atom stereocenters. The Balaban J connectivity index is 0.000000284. The van der Waals surface area contributed by atoms with Gasteiger partial charge in [-0.25, -0.2) is 0 Å². The average molecular weight is 1990 g/mol. The Morgan fingerprint density at radius 1 is 0.244 bits per heavy atom. The van der Waals surface area contributed by atoms with Crippen LogP contribution in [0.2, 0.25) is 0 Å². The van der Waals surface area contributed by atoms with Crippen molar-refractivity contribution in [2.24, 2.45) is 0 Å². The second kappa shape index (κ2) is 67.0. The Bertz CT molecular complexity index is 3990. The summed E-state index contributed by atoms with van der Waals surface area (Å²) in [6.45, 7) is 13.1. The Morgan fingerprint density at radius 2 is 0.390 bits per heavy atom. The predicted octanol–water partition coefficient (Wildman–Crippen LogP) is 14.3. The molecule has 0 fully saturated rings. The number of quaternary nitrogens is 1. The van der Waals surface area contributed by atoms with E-state index in [0.29, 0.717) is 0 Å². The maximum Gasteiger partial charge on any atom is 0.102 e. The predicted molar refractivity (Wildman–Crippen MR) is 551 cm³/mol. The minimum absolute atomic E-state index is 0. The van der Waals surface area contributed by atoms with Gasteiger partial charge in [-0.3, -0.25) is 13.6 Å². The van der Waals surface area contributed by atoms with Gasteiger partial charge in [0.05, 0.1) is 70.4 Å². The molecule has 15 aromatic carbocycles. The molecule has 15 aromatic rings. The van der Waals surface area contributed by atoms with Crippen molar-refractivity contribution in [3.8, 4) is 0 Å². The number of benzene rings is 15. The van der Waals surface area contributed by atoms with Crippen molar-refractivity contribution in [1.29, 1.82) is 0 Å². The van der Waals surface area contributed by atoms with Crippen molar-refractivity contribution in [1.82, 2.24) is 10.6 Å². The number of carbonyl (C=O) groups excluding carboxylic acids is 2. The number of hydrogen-bond donors (Lipinski definition) is 3. The van der Waals surface area contributed by atoms with Gasteiger partial charge in [0.2, 0.25) is 0 Å². The maximum absolute atomic E-state index is 7.75. The van der Waals surface area contributed by atoms with Crippen LogP contribution >= 0.6 is 74.8 Å². The van der Waals surface area contributed by atoms with Crippen LogP contribution in [0.15, 0.2) is 455 Å². The molecule has 0 bridgehead atoms. The molecule has 0 unspecified atom stereocenters. The van der Waals surface area contributed by atoms with Gasteiger partial charge in [-0.2, -0.15) is 0 Å². The van der Waals surface area contributed by atoms with Crippen molar-refractivity contribution in [3.63, 3.8) is 0 Å². The van der Waals surface area contributed by atoms with Gasteiger partial charge in [-0.05, 0) is 184 Å². The van der Waals surface area contributed by atoms with Crippen LogP contribution in [0.1, 0.15) is 0 Å². The molecule has 0 aliphatic carbocycles. The molecule has 0 saturated carbocycles. The summed E-state index contributed by atoms with van der Waals surface area (Å²) in [6, 6.07) is 165.